The lowest BCUT2D eigenvalue weighted by Crippen LogP contribution is -2.40. The number of hydrogen-bond acceptors (Lipinski definition) is 3. The molecule has 84 valence electrons. The first-order chi connectivity index (χ1) is 6.45. The molecule has 0 spiro atoms. The molecule has 4 heteroatoms. The van der Waals surface area contributed by atoms with Crippen LogP contribution in [0.2, 0.25) is 0 Å². The van der Waals surface area contributed by atoms with E-state index in [2.05, 4.69) is 5.32 Å². The van der Waals surface area contributed by atoms with E-state index in [9.17, 15) is 8.42 Å². The van der Waals surface area contributed by atoms with Crippen molar-refractivity contribution in [3.63, 3.8) is 0 Å². The van der Waals surface area contributed by atoms with Gasteiger partial charge in [0.15, 0.2) is 9.84 Å². The van der Waals surface area contributed by atoms with Crippen LogP contribution in [0.1, 0.15) is 32.6 Å². The Morgan fingerprint density at radius 3 is 2.36 bits per heavy atom. The van der Waals surface area contributed by atoms with Gasteiger partial charge in [-0.25, -0.2) is 8.42 Å². The van der Waals surface area contributed by atoms with Crippen LogP contribution in [-0.2, 0) is 9.84 Å². The molecule has 14 heavy (non-hydrogen) atoms. The second-order valence-corrected chi connectivity index (χ2v) is 6.85. The van der Waals surface area contributed by atoms with Crippen molar-refractivity contribution < 1.29 is 8.42 Å². The van der Waals surface area contributed by atoms with E-state index in [1.165, 1.54) is 25.5 Å². The average Bonchev–Trinajstić information content (AvgIpc) is 2.87. The van der Waals surface area contributed by atoms with Gasteiger partial charge in [-0.3, -0.25) is 0 Å². The first-order valence-corrected chi connectivity index (χ1v) is 7.26. The van der Waals surface area contributed by atoms with Crippen LogP contribution in [0.25, 0.3) is 0 Å². The summed E-state index contributed by atoms with van der Waals surface area (Å²) in [5, 5.41) is 2.84. The number of nitrogens with one attached hydrogen (secondary N) is 1. The van der Waals surface area contributed by atoms with Crippen molar-refractivity contribution in [2.75, 3.05) is 13.3 Å². The summed E-state index contributed by atoms with van der Waals surface area (Å²) in [4.78, 5) is 0. The van der Waals surface area contributed by atoms with E-state index in [1.54, 1.807) is 6.92 Å². The topological polar surface area (TPSA) is 46.2 Å². The van der Waals surface area contributed by atoms with Gasteiger partial charge in [0, 0.05) is 12.3 Å². The second-order valence-electron chi connectivity index (χ2n) is 4.45. The van der Waals surface area contributed by atoms with Crippen molar-refractivity contribution in [1.82, 2.24) is 5.32 Å². The van der Waals surface area contributed by atoms with Gasteiger partial charge < -0.3 is 5.32 Å². The van der Waals surface area contributed by atoms with Crippen molar-refractivity contribution in [2.24, 2.45) is 5.92 Å². The van der Waals surface area contributed by atoms with E-state index in [-0.39, 0.29) is 11.3 Å². The summed E-state index contributed by atoms with van der Waals surface area (Å²) in [5.74, 6) is 0.873. The lowest BCUT2D eigenvalue weighted by molar-refractivity contribution is 0.466. The summed E-state index contributed by atoms with van der Waals surface area (Å²) < 4.78 is 22.7. The molecule has 0 aromatic carbocycles. The zero-order chi connectivity index (χ0) is 10.8. The minimum absolute atomic E-state index is 0.116. The van der Waals surface area contributed by atoms with Crippen molar-refractivity contribution >= 4 is 9.84 Å². The zero-order valence-electron chi connectivity index (χ0n) is 9.29. The molecule has 0 aromatic heterocycles. The summed E-state index contributed by atoms with van der Waals surface area (Å²) in [6.07, 6.45) is 6.15. The van der Waals surface area contributed by atoms with Crippen LogP contribution in [0.3, 0.4) is 0 Å². The molecule has 0 amide bonds. The Morgan fingerprint density at radius 1 is 1.43 bits per heavy atom. The Kier molecular flexibility index (Phi) is 3.95. The molecule has 0 radical (unpaired) electrons. The van der Waals surface area contributed by atoms with Gasteiger partial charge in [-0.1, -0.05) is 12.8 Å². The SMILES string of the molecule is CNC(CCC1CC1)C(C)S(C)(=O)=O. The smallest absolute Gasteiger partial charge is 0.151 e. The van der Waals surface area contributed by atoms with Gasteiger partial charge >= 0.3 is 0 Å². The van der Waals surface area contributed by atoms with E-state index in [0.29, 0.717) is 0 Å². The van der Waals surface area contributed by atoms with Gasteiger partial charge in [0.25, 0.3) is 0 Å². The normalized spacial score (nSPS) is 21.9. The predicted octanol–water partition coefficient (Wildman–Crippen LogP) is 1.20. The highest BCUT2D eigenvalue weighted by Crippen LogP contribution is 2.34. The minimum atomic E-state index is -2.90. The fraction of sp³-hybridized carbons (Fsp3) is 1.00. The maximum atomic E-state index is 11.4. The third-order valence-electron chi connectivity index (χ3n) is 3.20. The molecule has 3 nitrogen and oxygen atoms in total. The Labute approximate surface area is 87.2 Å². The van der Waals surface area contributed by atoms with Gasteiger partial charge in [-0.05, 0) is 32.7 Å². The van der Waals surface area contributed by atoms with E-state index < -0.39 is 9.84 Å². The van der Waals surface area contributed by atoms with Crippen molar-refractivity contribution in [3.8, 4) is 0 Å². The van der Waals surface area contributed by atoms with Crippen LogP contribution in [0.4, 0.5) is 0 Å². The molecule has 0 heterocycles. The predicted molar refractivity (Wildman–Crippen MR) is 59.1 cm³/mol. The lowest BCUT2D eigenvalue weighted by Gasteiger charge is -2.21. The molecule has 0 aromatic rings. The molecule has 1 fully saturated rings. The molecule has 1 rings (SSSR count). The first-order valence-electron chi connectivity index (χ1n) is 5.31. The fourth-order valence-corrected chi connectivity index (χ4v) is 2.60. The highest BCUT2D eigenvalue weighted by Gasteiger charge is 2.27. The van der Waals surface area contributed by atoms with Crippen molar-refractivity contribution in [1.29, 1.82) is 0 Å². The summed E-state index contributed by atoms with van der Waals surface area (Å²) in [5.41, 5.74) is 0. The fourth-order valence-electron chi connectivity index (χ4n) is 1.73. The molecule has 1 aliphatic carbocycles. The quantitative estimate of drug-likeness (QED) is 0.730. The van der Waals surface area contributed by atoms with E-state index >= 15 is 0 Å². The molecule has 0 saturated heterocycles. The van der Waals surface area contributed by atoms with Crippen LogP contribution in [0.15, 0.2) is 0 Å². The second kappa shape index (κ2) is 4.62. The zero-order valence-corrected chi connectivity index (χ0v) is 10.1. The maximum Gasteiger partial charge on any atom is 0.151 e. The monoisotopic (exact) mass is 219 g/mol. The van der Waals surface area contributed by atoms with Gasteiger partial charge in [0.2, 0.25) is 0 Å². The lowest BCUT2D eigenvalue weighted by atomic mass is 10.1. The molecular formula is C10H21NO2S. The van der Waals surface area contributed by atoms with Crippen LogP contribution >= 0.6 is 0 Å². The average molecular weight is 219 g/mol. The Morgan fingerprint density at radius 2 is 2.00 bits per heavy atom. The molecular weight excluding hydrogens is 198 g/mol. The number of rotatable bonds is 6. The highest BCUT2D eigenvalue weighted by atomic mass is 32.2. The Bertz CT molecular complexity index is 270. The molecule has 0 bridgehead atoms. The third-order valence-corrected chi connectivity index (χ3v) is 4.87. The number of hydrogen-bond donors (Lipinski definition) is 1. The Balaban J connectivity index is 2.42. The molecule has 1 aliphatic rings. The molecule has 1 saturated carbocycles. The van der Waals surface area contributed by atoms with Crippen LogP contribution in [-0.4, -0.2) is 33.0 Å². The standard InChI is InChI=1S/C10H21NO2S/c1-8(14(3,12)13)10(11-2)7-6-9-4-5-9/h8-11H,4-7H2,1-3H3. The van der Waals surface area contributed by atoms with Crippen LogP contribution < -0.4 is 5.32 Å². The maximum absolute atomic E-state index is 11.4. The minimum Gasteiger partial charge on any atom is -0.316 e. The molecule has 1 N–H and O–H groups in total. The molecule has 0 aliphatic heterocycles. The van der Waals surface area contributed by atoms with Crippen molar-refractivity contribution in [2.45, 2.75) is 43.9 Å². The van der Waals surface area contributed by atoms with Gasteiger partial charge in [-0.15, -0.1) is 0 Å². The largest absolute Gasteiger partial charge is 0.316 e. The van der Waals surface area contributed by atoms with Gasteiger partial charge in [0.05, 0.1) is 5.25 Å². The van der Waals surface area contributed by atoms with Crippen LogP contribution in [0.5, 0.6) is 0 Å². The van der Waals surface area contributed by atoms with Gasteiger partial charge in [0.1, 0.15) is 0 Å². The third kappa shape index (κ3) is 3.58. The van der Waals surface area contributed by atoms with E-state index in [1.807, 2.05) is 7.05 Å². The van der Waals surface area contributed by atoms with Crippen molar-refractivity contribution in [3.05, 3.63) is 0 Å². The summed E-state index contributed by atoms with van der Waals surface area (Å²) in [6.45, 7) is 1.80. The molecule has 2 atom stereocenters. The first kappa shape index (κ1) is 12.0. The van der Waals surface area contributed by atoms with Crippen LogP contribution in [0, 0.1) is 5.92 Å². The van der Waals surface area contributed by atoms with Gasteiger partial charge in [-0.2, -0.15) is 0 Å². The Hall–Kier alpha value is -0.0900. The highest BCUT2D eigenvalue weighted by molar-refractivity contribution is 7.91. The van der Waals surface area contributed by atoms with E-state index in [4.69, 9.17) is 0 Å². The molecule has 2 unspecified atom stereocenters. The summed E-state index contributed by atoms with van der Waals surface area (Å²) >= 11 is 0. The summed E-state index contributed by atoms with van der Waals surface area (Å²) in [6, 6.07) is 0.116. The summed E-state index contributed by atoms with van der Waals surface area (Å²) in [7, 11) is -1.06. The number of sulfone groups is 1. The van der Waals surface area contributed by atoms with E-state index in [0.717, 1.165) is 12.3 Å².